The first-order chi connectivity index (χ1) is 20.3. The molecule has 1 fully saturated rings. The Morgan fingerprint density at radius 3 is 2.40 bits per heavy atom. The van der Waals surface area contributed by atoms with E-state index in [1.807, 2.05) is 56.3 Å². The number of hydrogen-bond donors (Lipinski definition) is 1. The Hall–Kier alpha value is -4.18. The number of carbonyl (C=O) groups is 4. The first-order valence-electron chi connectivity index (χ1n) is 13.9. The topological polar surface area (TPSA) is 121 Å². The van der Waals surface area contributed by atoms with Crippen molar-refractivity contribution in [2.45, 2.75) is 63.4 Å². The lowest BCUT2D eigenvalue weighted by atomic mass is 9.97. The van der Waals surface area contributed by atoms with E-state index in [9.17, 15) is 19.2 Å². The summed E-state index contributed by atoms with van der Waals surface area (Å²) in [7, 11) is 0. The molecule has 1 aliphatic rings. The smallest absolute Gasteiger partial charge is 0.333 e. The molecule has 1 N–H and O–H groups in total. The van der Waals surface area contributed by atoms with Gasteiger partial charge in [0.2, 0.25) is 4.75 Å². The van der Waals surface area contributed by atoms with Crippen molar-refractivity contribution < 1.29 is 33.4 Å². The Balaban J connectivity index is 1.29. The fraction of sp³-hybridized carbons (Fsp3) is 0.344. The summed E-state index contributed by atoms with van der Waals surface area (Å²) in [6.07, 6.45) is 4.09. The van der Waals surface area contributed by atoms with Gasteiger partial charge in [-0.1, -0.05) is 61.9 Å². The highest BCUT2D eigenvalue weighted by atomic mass is 32.2. The lowest BCUT2D eigenvalue weighted by Gasteiger charge is -2.22. The standard InChI is InChI=1S/C32H34N2O7S/c1-3-4-10-28(35)41-22(2)25-13-14-26(33-20-25)17-18-39-27-15-11-23(12-16-27)19-32(29(36)34-31(38)42-32)30(37)40-21-24-8-6-5-7-9-24/h5-9,11-16,20,22H,3-4,10,17-19,21H2,1-2H3,(H,34,36,38). The van der Waals surface area contributed by atoms with Crippen LogP contribution in [0.5, 0.6) is 5.75 Å². The maximum absolute atomic E-state index is 13.1. The van der Waals surface area contributed by atoms with Crippen molar-refractivity contribution in [3.05, 3.63) is 95.3 Å². The van der Waals surface area contributed by atoms with Gasteiger partial charge in [-0.25, -0.2) is 4.79 Å². The van der Waals surface area contributed by atoms with Crippen LogP contribution in [-0.4, -0.2) is 39.4 Å². The van der Waals surface area contributed by atoms with Gasteiger partial charge >= 0.3 is 11.9 Å². The summed E-state index contributed by atoms with van der Waals surface area (Å²) in [6.45, 7) is 4.25. The lowest BCUT2D eigenvalue weighted by molar-refractivity contribution is -0.151. The van der Waals surface area contributed by atoms with E-state index in [1.54, 1.807) is 30.5 Å². The second kappa shape index (κ2) is 14.6. The molecule has 9 nitrogen and oxygen atoms in total. The molecule has 1 aliphatic heterocycles. The summed E-state index contributed by atoms with van der Waals surface area (Å²) >= 11 is 0.646. The SMILES string of the molecule is CCCCC(=O)OC(C)c1ccc(CCOc2ccc(CC3(C(=O)OCc4ccccc4)SC(=O)NC3=O)cc2)nc1. The van der Waals surface area contributed by atoms with Gasteiger partial charge in [-0.05, 0) is 54.4 Å². The number of hydrogen-bond acceptors (Lipinski definition) is 9. The number of pyridine rings is 1. The van der Waals surface area contributed by atoms with E-state index in [2.05, 4.69) is 10.3 Å². The molecule has 2 heterocycles. The first kappa shape index (κ1) is 30.8. The number of aromatic nitrogens is 1. The van der Waals surface area contributed by atoms with E-state index in [0.29, 0.717) is 42.5 Å². The van der Waals surface area contributed by atoms with Crippen molar-refractivity contribution in [3.63, 3.8) is 0 Å². The molecular weight excluding hydrogens is 556 g/mol. The zero-order valence-corrected chi connectivity index (χ0v) is 24.5. The predicted octanol–water partition coefficient (Wildman–Crippen LogP) is 5.51. The fourth-order valence-electron chi connectivity index (χ4n) is 4.32. The molecule has 0 radical (unpaired) electrons. The van der Waals surface area contributed by atoms with Crippen LogP contribution in [-0.2, 0) is 43.3 Å². The number of thioether (sulfide) groups is 1. The van der Waals surface area contributed by atoms with E-state index in [4.69, 9.17) is 14.2 Å². The molecule has 1 aromatic heterocycles. The van der Waals surface area contributed by atoms with Crippen LogP contribution in [0.3, 0.4) is 0 Å². The molecule has 3 aromatic rings. The number of rotatable bonds is 14. The van der Waals surface area contributed by atoms with Gasteiger partial charge in [0.15, 0.2) is 0 Å². The number of benzene rings is 2. The van der Waals surface area contributed by atoms with E-state index >= 15 is 0 Å². The van der Waals surface area contributed by atoms with Crippen molar-refractivity contribution in [3.8, 4) is 5.75 Å². The Bertz CT molecular complexity index is 1380. The second-order valence-corrected chi connectivity index (χ2v) is 11.2. The third-order valence-electron chi connectivity index (χ3n) is 6.75. The van der Waals surface area contributed by atoms with E-state index < -0.39 is 21.9 Å². The van der Waals surface area contributed by atoms with Crippen molar-refractivity contribution >= 4 is 34.8 Å². The van der Waals surface area contributed by atoms with Gasteiger partial charge in [-0.15, -0.1) is 0 Å². The van der Waals surface area contributed by atoms with Crippen LogP contribution in [0.15, 0.2) is 72.9 Å². The normalized spacial score (nSPS) is 16.9. The Kier molecular flexibility index (Phi) is 10.7. The summed E-state index contributed by atoms with van der Waals surface area (Å²) in [4.78, 5) is 54.2. The molecule has 2 unspecified atom stereocenters. The van der Waals surface area contributed by atoms with Crippen molar-refractivity contribution in [2.75, 3.05) is 6.61 Å². The fourth-order valence-corrected chi connectivity index (χ4v) is 5.31. The number of imide groups is 1. The summed E-state index contributed by atoms with van der Waals surface area (Å²) in [5.41, 5.74) is 3.13. The van der Waals surface area contributed by atoms with Gasteiger partial charge in [0.05, 0.1) is 6.61 Å². The molecule has 220 valence electrons. The van der Waals surface area contributed by atoms with Crippen LogP contribution >= 0.6 is 11.8 Å². The zero-order chi connectivity index (χ0) is 30.0. The van der Waals surface area contributed by atoms with E-state index in [1.165, 1.54) is 0 Å². The van der Waals surface area contributed by atoms with Crippen molar-refractivity contribution in [2.24, 2.45) is 0 Å². The second-order valence-electron chi connectivity index (χ2n) is 9.97. The van der Waals surface area contributed by atoms with Crippen LogP contribution in [0.1, 0.15) is 61.6 Å². The van der Waals surface area contributed by atoms with Crippen molar-refractivity contribution in [1.82, 2.24) is 10.3 Å². The summed E-state index contributed by atoms with van der Waals surface area (Å²) in [5.74, 6) is -1.03. The van der Waals surface area contributed by atoms with E-state index in [-0.39, 0.29) is 25.1 Å². The van der Waals surface area contributed by atoms with Gasteiger partial charge in [0, 0.05) is 36.7 Å². The molecule has 2 amide bonds. The van der Waals surface area contributed by atoms with Crippen LogP contribution in [0.2, 0.25) is 0 Å². The molecule has 4 rings (SSSR count). The maximum Gasteiger partial charge on any atom is 0.333 e. The molecule has 10 heteroatoms. The predicted molar refractivity (Wildman–Crippen MR) is 158 cm³/mol. The highest BCUT2D eigenvalue weighted by Gasteiger charge is 2.55. The lowest BCUT2D eigenvalue weighted by Crippen LogP contribution is -2.46. The maximum atomic E-state index is 13.1. The number of carbonyl (C=O) groups excluding carboxylic acids is 4. The largest absolute Gasteiger partial charge is 0.493 e. The summed E-state index contributed by atoms with van der Waals surface area (Å²) in [6, 6.07) is 19.9. The average Bonchev–Trinajstić information content (AvgIpc) is 3.29. The minimum Gasteiger partial charge on any atom is -0.493 e. The molecule has 2 aromatic carbocycles. The Morgan fingerprint density at radius 2 is 1.76 bits per heavy atom. The third kappa shape index (κ3) is 8.19. The number of amides is 2. The minimum atomic E-state index is -1.70. The van der Waals surface area contributed by atoms with Gasteiger partial charge in [0.1, 0.15) is 18.5 Å². The van der Waals surface area contributed by atoms with Gasteiger partial charge in [-0.2, -0.15) is 0 Å². The molecule has 0 bridgehead atoms. The minimum absolute atomic E-state index is 0.000654. The number of unbranched alkanes of at least 4 members (excludes halogenated alkanes) is 1. The highest BCUT2D eigenvalue weighted by molar-refractivity contribution is 8.16. The van der Waals surface area contributed by atoms with Crippen LogP contribution < -0.4 is 10.1 Å². The van der Waals surface area contributed by atoms with Crippen LogP contribution in [0, 0.1) is 0 Å². The number of nitrogens with zero attached hydrogens (tertiary/aromatic N) is 1. The number of esters is 2. The monoisotopic (exact) mass is 590 g/mol. The Morgan fingerprint density at radius 1 is 1.00 bits per heavy atom. The first-order valence-corrected chi connectivity index (χ1v) is 14.7. The molecule has 2 atom stereocenters. The summed E-state index contributed by atoms with van der Waals surface area (Å²) in [5, 5.41) is 1.64. The van der Waals surface area contributed by atoms with Crippen molar-refractivity contribution in [1.29, 1.82) is 0 Å². The molecule has 0 spiro atoms. The highest BCUT2D eigenvalue weighted by Crippen LogP contribution is 2.37. The Labute approximate surface area is 249 Å². The molecule has 42 heavy (non-hydrogen) atoms. The van der Waals surface area contributed by atoms with Gasteiger partial charge in [0.25, 0.3) is 11.1 Å². The molecule has 0 saturated carbocycles. The molecule has 1 saturated heterocycles. The number of nitrogens with one attached hydrogen (secondary N) is 1. The zero-order valence-electron chi connectivity index (χ0n) is 23.7. The average molecular weight is 591 g/mol. The van der Waals surface area contributed by atoms with Gasteiger partial charge < -0.3 is 14.2 Å². The van der Waals surface area contributed by atoms with E-state index in [0.717, 1.165) is 29.7 Å². The summed E-state index contributed by atoms with van der Waals surface area (Å²) < 4.78 is 15.1. The third-order valence-corrected chi connectivity index (χ3v) is 7.89. The van der Waals surface area contributed by atoms with Crippen LogP contribution in [0.4, 0.5) is 4.79 Å². The number of ether oxygens (including phenoxy) is 3. The molecular formula is C32H34N2O7S. The van der Waals surface area contributed by atoms with Crippen LogP contribution in [0.25, 0.3) is 0 Å². The quantitative estimate of drug-likeness (QED) is 0.191. The van der Waals surface area contributed by atoms with Gasteiger partial charge in [-0.3, -0.25) is 24.7 Å². The molecule has 0 aliphatic carbocycles.